The molecule has 0 fully saturated rings. The van der Waals surface area contributed by atoms with Crippen LogP contribution in [0.1, 0.15) is 12.1 Å². The summed E-state index contributed by atoms with van der Waals surface area (Å²) in [7, 11) is 0. The van der Waals surface area contributed by atoms with Crippen molar-refractivity contribution in [3.8, 4) is 22.9 Å². The maximum Gasteiger partial charge on any atom is 0.490 e. The number of rotatable bonds is 7. The lowest BCUT2D eigenvalue weighted by atomic mass is 10.1. The first-order valence-electron chi connectivity index (χ1n) is 9.78. The monoisotopic (exact) mass is 533 g/mol. The zero-order valence-electron chi connectivity index (χ0n) is 18.0. The van der Waals surface area contributed by atoms with Gasteiger partial charge in [0.05, 0.1) is 22.8 Å². The fourth-order valence-corrected chi connectivity index (χ4v) is 2.76. The van der Waals surface area contributed by atoms with E-state index in [0.29, 0.717) is 17.0 Å². The Hall–Kier alpha value is -3.84. The summed E-state index contributed by atoms with van der Waals surface area (Å²) in [5.41, 5.74) is 6.96. The van der Waals surface area contributed by atoms with E-state index in [9.17, 15) is 26.7 Å². The Balaban J connectivity index is 0.000000572. The molecule has 0 aliphatic rings. The summed E-state index contributed by atoms with van der Waals surface area (Å²) in [6, 6.07) is 9.62. The Kier molecular flexibility index (Phi) is 9.64. The smallest absolute Gasteiger partial charge is 0.481 e. The number of carboxylic acids is 2. The number of carboxylic acid groups (broad SMARTS) is 2. The van der Waals surface area contributed by atoms with Gasteiger partial charge in [0.1, 0.15) is 11.6 Å². The summed E-state index contributed by atoms with van der Waals surface area (Å²) in [6.45, 7) is 0. The van der Waals surface area contributed by atoms with Gasteiger partial charge in [0.2, 0.25) is 0 Å². The highest BCUT2D eigenvalue weighted by molar-refractivity contribution is 6.30. The molecule has 0 bridgehead atoms. The number of ether oxygens (including phenoxy) is 1. The fraction of sp³-hybridized carbons (Fsp3) is 0.182. The zero-order chi connectivity index (χ0) is 27.0. The largest absolute Gasteiger partial charge is 0.490 e. The van der Waals surface area contributed by atoms with Crippen molar-refractivity contribution >= 4 is 23.5 Å². The van der Waals surface area contributed by atoms with Gasteiger partial charge in [-0.2, -0.15) is 13.2 Å². The lowest BCUT2D eigenvalue weighted by Gasteiger charge is -2.11. The number of alkyl halides is 3. The second-order valence-electron chi connectivity index (χ2n) is 7.06. The lowest BCUT2D eigenvalue weighted by molar-refractivity contribution is -0.192. The minimum Gasteiger partial charge on any atom is -0.481 e. The molecule has 1 unspecified atom stereocenters. The van der Waals surface area contributed by atoms with E-state index in [1.165, 1.54) is 18.3 Å². The van der Waals surface area contributed by atoms with Gasteiger partial charge in [0.15, 0.2) is 5.82 Å². The van der Waals surface area contributed by atoms with Crippen LogP contribution in [-0.4, -0.2) is 44.3 Å². The number of aliphatic carboxylic acids is 2. The first kappa shape index (κ1) is 28.4. The summed E-state index contributed by atoms with van der Waals surface area (Å²) in [5.74, 6) is -4.93. The van der Waals surface area contributed by atoms with E-state index >= 15 is 0 Å². The number of hydrogen-bond donors (Lipinski definition) is 3. The van der Waals surface area contributed by atoms with Crippen molar-refractivity contribution in [3.05, 3.63) is 71.0 Å². The Morgan fingerprint density at radius 1 is 1.06 bits per heavy atom. The Morgan fingerprint density at radius 2 is 1.67 bits per heavy atom. The first-order valence-corrected chi connectivity index (χ1v) is 10.2. The number of pyridine rings is 2. The molecule has 0 saturated heterocycles. The fourth-order valence-electron chi connectivity index (χ4n) is 2.62. The molecule has 0 spiro atoms. The van der Waals surface area contributed by atoms with E-state index in [-0.39, 0.29) is 29.4 Å². The van der Waals surface area contributed by atoms with Gasteiger partial charge in [0.25, 0.3) is 5.88 Å². The lowest BCUT2D eigenvalue weighted by Crippen LogP contribution is -2.27. The molecule has 8 nitrogen and oxygen atoms in total. The molecule has 36 heavy (non-hydrogen) atoms. The standard InChI is InChI=1S/C20H16ClF2N3O3.C2HF3O2/c21-12-7-16(23)20(25-10-12)29-14-3-1-11(2-4-14)17-6-5-15(22)18(26-17)8-13(24)9-19(27)28;3-2(4,5)1(6)7/h1-7,10,13H,8-9,24H2,(H,27,28);(H,6,7). The highest BCUT2D eigenvalue weighted by Crippen LogP contribution is 2.27. The highest BCUT2D eigenvalue weighted by atomic mass is 35.5. The number of aromatic nitrogens is 2. The van der Waals surface area contributed by atoms with Crippen molar-refractivity contribution < 1.29 is 46.5 Å². The van der Waals surface area contributed by atoms with Crippen LogP contribution >= 0.6 is 11.6 Å². The molecule has 0 radical (unpaired) electrons. The van der Waals surface area contributed by atoms with Crippen molar-refractivity contribution in [1.29, 1.82) is 0 Å². The predicted molar refractivity (Wildman–Crippen MR) is 117 cm³/mol. The second-order valence-corrected chi connectivity index (χ2v) is 7.49. The summed E-state index contributed by atoms with van der Waals surface area (Å²) < 4.78 is 64.9. The molecular formula is C22H17ClF5N3O5. The number of halogens is 6. The van der Waals surface area contributed by atoms with E-state index < -0.39 is 35.8 Å². The quantitative estimate of drug-likeness (QED) is 0.367. The number of carbonyl (C=O) groups is 2. The van der Waals surface area contributed by atoms with Gasteiger partial charge in [0, 0.05) is 24.2 Å². The molecule has 0 amide bonds. The van der Waals surface area contributed by atoms with Crippen molar-refractivity contribution in [1.82, 2.24) is 9.97 Å². The molecule has 2 heterocycles. The average molecular weight is 534 g/mol. The molecule has 0 aliphatic carbocycles. The number of nitrogens with zero attached hydrogens (tertiary/aromatic N) is 2. The van der Waals surface area contributed by atoms with Crippen molar-refractivity contribution in [3.63, 3.8) is 0 Å². The minimum absolute atomic E-state index is 0.00528. The van der Waals surface area contributed by atoms with Crippen LogP contribution in [0.5, 0.6) is 11.6 Å². The summed E-state index contributed by atoms with van der Waals surface area (Å²) >= 11 is 5.66. The van der Waals surface area contributed by atoms with Crippen LogP contribution in [0.25, 0.3) is 11.3 Å². The number of benzene rings is 1. The molecule has 3 rings (SSSR count). The SMILES string of the molecule is NC(CC(=O)O)Cc1nc(-c2ccc(Oc3ncc(Cl)cc3F)cc2)ccc1F.O=C(O)C(F)(F)F. The van der Waals surface area contributed by atoms with E-state index in [0.717, 1.165) is 6.07 Å². The Labute approximate surface area is 205 Å². The van der Waals surface area contributed by atoms with Crippen LogP contribution in [0.4, 0.5) is 22.0 Å². The maximum absolute atomic E-state index is 14.0. The molecular weight excluding hydrogens is 517 g/mol. The highest BCUT2D eigenvalue weighted by Gasteiger charge is 2.38. The van der Waals surface area contributed by atoms with Gasteiger partial charge in [-0.1, -0.05) is 11.6 Å². The van der Waals surface area contributed by atoms with E-state index in [1.54, 1.807) is 24.3 Å². The van der Waals surface area contributed by atoms with Crippen LogP contribution in [0.2, 0.25) is 5.02 Å². The van der Waals surface area contributed by atoms with Crippen LogP contribution in [0.3, 0.4) is 0 Å². The summed E-state index contributed by atoms with van der Waals surface area (Å²) in [5, 5.41) is 16.1. The third-order valence-corrected chi connectivity index (χ3v) is 4.40. The molecule has 4 N–H and O–H groups in total. The molecule has 1 atom stereocenters. The van der Waals surface area contributed by atoms with Crippen LogP contribution < -0.4 is 10.5 Å². The van der Waals surface area contributed by atoms with Crippen molar-refractivity contribution in [2.45, 2.75) is 25.1 Å². The molecule has 3 aromatic rings. The van der Waals surface area contributed by atoms with E-state index in [1.807, 2.05) is 0 Å². The molecule has 2 aromatic heterocycles. The molecule has 0 aliphatic heterocycles. The first-order chi connectivity index (χ1) is 16.8. The summed E-state index contributed by atoms with van der Waals surface area (Å²) in [4.78, 5) is 27.7. The van der Waals surface area contributed by atoms with Gasteiger partial charge in [-0.3, -0.25) is 4.79 Å². The Morgan fingerprint density at radius 3 is 2.19 bits per heavy atom. The number of nitrogens with two attached hydrogens (primary N) is 1. The minimum atomic E-state index is -5.08. The second kappa shape index (κ2) is 12.2. The average Bonchev–Trinajstić information content (AvgIpc) is 2.77. The van der Waals surface area contributed by atoms with Gasteiger partial charge >= 0.3 is 18.1 Å². The third-order valence-electron chi connectivity index (χ3n) is 4.19. The zero-order valence-corrected chi connectivity index (χ0v) is 18.7. The normalized spacial score (nSPS) is 11.8. The molecule has 192 valence electrons. The summed E-state index contributed by atoms with van der Waals surface area (Å²) in [6.07, 6.45) is -4.10. The van der Waals surface area contributed by atoms with Gasteiger partial charge in [-0.05, 0) is 42.5 Å². The maximum atomic E-state index is 14.0. The molecule has 0 saturated carbocycles. The van der Waals surface area contributed by atoms with Crippen LogP contribution in [0, 0.1) is 11.6 Å². The van der Waals surface area contributed by atoms with Crippen LogP contribution in [-0.2, 0) is 16.0 Å². The Bertz CT molecular complexity index is 1230. The van der Waals surface area contributed by atoms with Gasteiger partial charge < -0.3 is 20.7 Å². The number of hydrogen-bond acceptors (Lipinski definition) is 6. The van der Waals surface area contributed by atoms with E-state index in [4.69, 9.17) is 37.1 Å². The third kappa shape index (κ3) is 8.74. The van der Waals surface area contributed by atoms with Crippen molar-refractivity contribution in [2.24, 2.45) is 5.73 Å². The van der Waals surface area contributed by atoms with E-state index in [2.05, 4.69) is 9.97 Å². The molecule has 14 heteroatoms. The van der Waals surface area contributed by atoms with Crippen molar-refractivity contribution in [2.75, 3.05) is 0 Å². The van der Waals surface area contributed by atoms with Gasteiger partial charge in [-0.15, -0.1) is 0 Å². The predicted octanol–water partition coefficient (Wildman–Crippen LogP) is 4.85. The topological polar surface area (TPSA) is 136 Å². The molecule has 1 aromatic carbocycles. The van der Waals surface area contributed by atoms with Crippen LogP contribution in [0.15, 0.2) is 48.7 Å². The van der Waals surface area contributed by atoms with Gasteiger partial charge in [-0.25, -0.2) is 23.5 Å².